The van der Waals surface area contributed by atoms with E-state index >= 15 is 0 Å². The van der Waals surface area contributed by atoms with Crippen LogP contribution in [0.25, 0.3) is 16.1 Å². The van der Waals surface area contributed by atoms with Crippen molar-refractivity contribution >= 4 is 11.5 Å². The van der Waals surface area contributed by atoms with Gasteiger partial charge in [0.1, 0.15) is 0 Å². The van der Waals surface area contributed by atoms with E-state index in [2.05, 4.69) is 9.83 Å². The lowest BCUT2D eigenvalue weighted by Crippen LogP contribution is -2.01. The summed E-state index contributed by atoms with van der Waals surface area (Å²) in [6, 6.07) is 19.8. The van der Waals surface area contributed by atoms with Crippen molar-refractivity contribution < 1.29 is 4.79 Å². The smallest absolute Gasteiger partial charge is 0.192 e. The van der Waals surface area contributed by atoms with E-state index in [0.29, 0.717) is 16.8 Å². The van der Waals surface area contributed by atoms with Gasteiger partial charge in [-0.1, -0.05) is 48.5 Å². The number of carbonyl (C=O) groups is 1. The zero-order chi connectivity index (χ0) is 15.4. The van der Waals surface area contributed by atoms with Crippen molar-refractivity contribution in [2.75, 3.05) is 0 Å². The van der Waals surface area contributed by atoms with Crippen LogP contribution in [0.4, 0.5) is 5.69 Å². The highest BCUT2D eigenvalue weighted by atomic mass is 16.1. The number of ketones is 1. The quantitative estimate of drug-likeness (QED) is 0.523. The van der Waals surface area contributed by atoms with Crippen molar-refractivity contribution in [2.45, 2.75) is 0 Å². The zero-order valence-electron chi connectivity index (χ0n) is 11.7. The van der Waals surface area contributed by atoms with Gasteiger partial charge < -0.3 is 0 Å². The summed E-state index contributed by atoms with van der Waals surface area (Å²) in [4.78, 5) is 20.2. The highest BCUT2D eigenvalue weighted by molar-refractivity contribution is 6.09. The molecule has 1 heterocycles. The molecule has 3 heteroatoms. The Kier molecular flexibility index (Phi) is 3.76. The molecular weight excluding hydrogens is 272 g/mol. The second-order valence-corrected chi connectivity index (χ2v) is 4.78. The molecule has 3 aromatic rings. The second kappa shape index (κ2) is 6.02. The predicted molar refractivity (Wildman–Crippen MR) is 85.8 cm³/mol. The number of hydrogen-bond acceptors (Lipinski definition) is 2. The van der Waals surface area contributed by atoms with Crippen LogP contribution in [0.2, 0.25) is 0 Å². The minimum absolute atomic E-state index is 0.0608. The summed E-state index contributed by atoms with van der Waals surface area (Å²) in [7, 11) is 0. The Morgan fingerprint density at radius 3 is 2.41 bits per heavy atom. The van der Waals surface area contributed by atoms with Crippen LogP contribution < -0.4 is 0 Å². The molecule has 3 rings (SSSR count). The van der Waals surface area contributed by atoms with Crippen molar-refractivity contribution in [1.29, 1.82) is 0 Å². The topological polar surface area (TPSA) is 34.3 Å². The Morgan fingerprint density at radius 1 is 0.909 bits per heavy atom. The van der Waals surface area contributed by atoms with Gasteiger partial charge >= 0.3 is 0 Å². The van der Waals surface area contributed by atoms with Gasteiger partial charge in [0.2, 0.25) is 0 Å². The minimum atomic E-state index is -0.0608. The molecule has 3 nitrogen and oxygen atoms in total. The van der Waals surface area contributed by atoms with Gasteiger partial charge in [0.05, 0.1) is 12.3 Å². The molecule has 0 aliphatic heterocycles. The van der Waals surface area contributed by atoms with Crippen molar-refractivity contribution in [3.05, 3.63) is 95.5 Å². The van der Waals surface area contributed by atoms with E-state index in [9.17, 15) is 4.79 Å². The van der Waals surface area contributed by atoms with Gasteiger partial charge in [-0.05, 0) is 18.2 Å². The van der Waals surface area contributed by atoms with Gasteiger partial charge in [-0.25, -0.2) is 4.85 Å². The highest BCUT2D eigenvalue weighted by Crippen LogP contribution is 2.20. The number of carbonyl (C=O) groups excluding carboxylic acids is 1. The molecular formula is C19H12N2O. The summed E-state index contributed by atoms with van der Waals surface area (Å²) in [5, 5.41) is 0. The van der Waals surface area contributed by atoms with E-state index in [4.69, 9.17) is 6.57 Å². The molecule has 104 valence electrons. The lowest BCUT2D eigenvalue weighted by Gasteiger charge is -2.05. The molecule has 0 spiro atoms. The van der Waals surface area contributed by atoms with Crippen LogP contribution >= 0.6 is 0 Å². The summed E-state index contributed by atoms with van der Waals surface area (Å²) in [5.74, 6) is -0.0608. The molecule has 0 N–H and O–H groups in total. The zero-order valence-corrected chi connectivity index (χ0v) is 11.7. The summed E-state index contributed by atoms with van der Waals surface area (Å²) in [5.41, 5.74) is 3.45. The lowest BCUT2D eigenvalue weighted by atomic mass is 10.00. The van der Waals surface area contributed by atoms with Crippen LogP contribution in [0.1, 0.15) is 15.9 Å². The van der Waals surface area contributed by atoms with Crippen molar-refractivity contribution in [3.8, 4) is 11.3 Å². The first-order chi connectivity index (χ1) is 10.8. The highest BCUT2D eigenvalue weighted by Gasteiger charge is 2.10. The minimum Gasteiger partial charge on any atom is -0.289 e. The first kappa shape index (κ1) is 13.7. The maximum atomic E-state index is 12.5. The van der Waals surface area contributed by atoms with Crippen LogP contribution in [-0.4, -0.2) is 10.8 Å². The van der Waals surface area contributed by atoms with Gasteiger partial charge in [-0.3, -0.25) is 9.78 Å². The van der Waals surface area contributed by atoms with Gasteiger partial charge in [0.15, 0.2) is 11.5 Å². The molecule has 0 aliphatic carbocycles. The fourth-order valence-corrected chi connectivity index (χ4v) is 2.21. The largest absolute Gasteiger partial charge is 0.289 e. The third kappa shape index (κ3) is 2.77. The van der Waals surface area contributed by atoms with E-state index in [1.54, 1.807) is 36.5 Å². The SMILES string of the molecule is [C-]#[N+]c1ccc(C(=O)c2cccc(-c3ccccn3)c2)cc1. The molecule has 22 heavy (non-hydrogen) atoms. The average molecular weight is 284 g/mol. The third-order valence-corrected chi connectivity index (χ3v) is 3.34. The summed E-state index contributed by atoms with van der Waals surface area (Å²) in [6.07, 6.45) is 1.73. The monoisotopic (exact) mass is 284 g/mol. The normalized spacial score (nSPS) is 9.95. The predicted octanol–water partition coefficient (Wildman–Crippen LogP) is 4.53. The molecule has 0 unspecified atom stereocenters. The van der Waals surface area contributed by atoms with E-state index in [1.807, 2.05) is 36.4 Å². The Bertz CT molecular complexity index is 847. The fraction of sp³-hybridized carbons (Fsp3) is 0. The number of pyridine rings is 1. The second-order valence-electron chi connectivity index (χ2n) is 4.78. The van der Waals surface area contributed by atoms with Crippen molar-refractivity contribution in [1.82, 2.24) is 4.98 Å². The van der Waals surface area contributed by atoms with E-state index in [-0.39, 0.29) is 5.78 Å². The van der Waals surface area contributed by atoms with Crippen molar-refractivity contribution in [3.63, 3.8) is 0 Å². The van der Waals surface area contributed by atoms with Gasteiger partial charge in [-0.2, -0.15) is 0 Å². The first-order valence-corrected chi connectivity index (χ1v) is 6.81. The number of nitrogens with zero attached hydrogens (tertiary/aromatic N) is 2. The third-order valence-electron chi connectivity index (χ3n) is 3.34. The summed E-state index contributed by atoms with van der Waals surface area (Å²) < 4.78 is 0. The number of benzene rings is 2. The fourth-order valence-electron chi connectivity index (χ4n) is 2.21. The van der Waals surface area contributed by atoms with Crippen LogP contribution in [0, 0.1) is 6.57 Å². The lowest BCUT2D eigenvalue weighted by molar-refractivity contribution is 0.103. The molecule has 2 aromatic carbocycles. The summed E-state index contributed by atoms with van der Waals surface area (Å²) >= 11 is 0. The first-order valence-electron chi connectivity index (χ1n) is 6.81. The number of hydrogen-bond donors (Lipinski definition) is 0. The molecule has 0 aliphatic rings. The van der Waals surface area contributed by atoms with E-state index in [0.717, 1.165) is 11.3 Å². The number of aromatic nitrogens is 1. The van der Waals surface area contributed by atoms with Gasteiger partial charge in [-0.15, -0.1) is 0 Å². The number of rotatable bonds is 3. The molecule has 0 saturated carbocycles. The summed E-state index contributed by atoms with van der Waals surface area (Å²) in [6.45, 7) is 6.94. The molecule has 0 bridgehead atoms. The Labute approximate surface area is 128 Å². The molecule has 1 aromatic heterocycles. The maximum Gasteiger partial charge on any atom is 0.192 e. The molecule has 0 fully saturated rings. The van der Waals surface area contributed by atoms with E-state index in [1.165, 1.54) is 0 Å². The molecule has 0 amide bonds. The van der Waals surface area contributed by atoms with Crippen molar-refractivity contribution in [2.24, 2.45) is 0 Å². The Balaban J connectivity index is 1.95. The molecule has 0 radical (unpaired) electrons. The van der Waals surface area contributed by atoms with Crippen LogP contribution in [0.5, 0.6) is 0 Å². The molecule has 0 saturated heterocycles. The van der Waals surface area contributed by atoms with Crippen LogP contribution in [0.15, 0.2) is 72.9 Å². The Hall–Kier alpha value is -3.25. The maximum absolute atomic E-state index is 12.5. The van der Waals surface area contributed by atoms with Crippen LogP contribution in [0.3, 0.4) is 0 Å². The standard InChI is InChI=1S/C19H12N2O/c1-20-17-10-8-14(9-11-17)19(22)16-6-4-5-15(13-16)18-7-2-3-12-21-18/h2-13H. The van der Waals surface area contributed by atoms with Crippen LogP contribution in [-0.2, 0) is 0 Å². The van der Waals surface area contributed by atoms with Gasteiger partial charge in [0.25, 0.3) is 0 Å². The Morgan fingerprint density at radius 2 is 1.73 bits per heavy atom. The molecule has 0 atom stereocenters. The van der Waals surface area contributed by atoms with Gasteiger partial charge in [0, 0.05) is 22.9 Å². The average Bonchev–Trinajstić information content (AvgIpc) is 2.62. The van der Waals surface area contributed by atoms with E-state index < -0.39 is 0 Å².